The maximum Gasteiger partial charge on any atom is 0.233 e. The first-order valence-corrected chi connectivity index (χ1v) is 13.7. The Kier molecular flexibility index (Phi) is 10.4. The van der Waals surface area contributed by atoms with Crippen molar-refractivity contribution >= 4 is 11.6 Å². The molecule has 2 aromatic rings. The minimum Gasteiger partial charge on any atom is -0.492 e. The van der Waals surface area contributed by atoms with Crippen LogP contribution in [0.15, 0.2) is 48.5 Å². The van der Waals surface area contributed by atoms with Crippen LogP contribution in [0.1, 0.15) is 72.1 Å². The van der Waals surface area contributed by atoms with Crippen LogP contribution < -0.4 is 9.47 Å². The zero-order valence-corrected chi connectivity index (χ0v) is 21.5. The van der Waals surface area contributed by atoms with Crippen LogP contribution in [0.2, 0.25) is 0 Å². The van der Waals surface area contributed by atoms with Crippen molar-refractivity contribution < 1.29 is 19.1 Å². The number of benzene rings is 2. The molecule has 2 fully saturated rings. The Balaban J connectivity index is 1.28. The van der Waals surface area contributed by atoms with Crippen molar-refractivity contribution in [3.63, 3.8) is 0 Å². The van der Waals surface area contributed by atoms with E-state index in [0.717, 1.165) is 39.3 Å². The summed E-state index contributed by atoms with van der Waals surface area (Å²) >= 11 is 0. The van der Waals surface area contributed by atoms with Gasteiger partial charge in [-0.25, -0.2) is 0 Å². The van der Waals surface area contributed by atoms with Gasteiger partial charge in [-0.15, -0.1) is 0 Å². The molecule has 0 radical (unpaired) electrons. The predicted octanol–water partition coefficient (Wildman–Crippen LogP) is 5.26. The zero-order chi connectivity index (χ0) is 25.0. The van der Waals surface area contributed by atoms with Crippen LogP contribution >= 0.6 is 0 Å². The number of hydrogen-bond donors (Lipinski definition) is 0. The number of ether oxygens (including phenoxy) is 2. The largest absolute Gasteiger partial charge is 0.492 e. The molecule has 0 N–H and O–H groups in total. The topological polar surface area (TPSA) is 59.1 Å². The molecule has 0 spiro atoms. The molecule has 0 bridgehead atoms. The molecule has 6 heteroatoms. The van der Waals surface area contributed by atoms with Crippen molar-refractivity contribution in [2.75, 3.05) is 52.5 Å². The second-order valence-corrected chi connectivity index (χ2v) is 9.92. The second-order valence-electron chi connectivity index (χ2n) is 9.92. The summed E-state index contributed by atoms with van der Waals surface area (Å²) in [6, 6.07) is 13.9. The maximum atomic E-state index is 13.0. The molecule has 2 aromatic carbocycles. The molecule has 2 heterocycles. The van der Waals surface area contributed by atoms with Gasteiger partial charge >= 0.3 is 0 Å². The lowest BCUT2D eigenvalue weighted by Gasteiger charge is -2.19. The van der Waals surface area contributed by atoms with Gasteiger partial charge in [0.1, 0.15) is 24.7 Å². The van der Waals surface area contributed by atoms with E-state index in [4.69, 9.17) is 9.47 Å². The van der Waals surface area contributed by atoms with Gasteiger partial charge in [0, 0.05) is 24.2 Å². The summed E-state index contributed by atoms with van der Waals surface area (Å²) < 4.78 is 11.8. The first-order chi connectivity index (χ1) is 17.7. The van der Waals surface area contributed by atoms with E-state index in [1.807, 2.05) is 12.1 Å². The predicted molar refractivity (Wildman–Crippen MR) is 142 cm³/mol. The van der Waals surface area contributed by atoms with Crippen LogP contribution in [-0.2, 0) is 0 Å². The first kappa shape index (κ1) is 26.4. The van der Waals surface area contributed by atoms with Gasteiger partial charge < -0.3 is 9.47 Å². The number of carbonyl (C=O) groups excluding carboxylic acids is 2. The Morgan fingerprint density at radius 2 is 0.972 bits per heavy atom. The lowest BCUT2D eigenvalue weighted by atomic mass is 10.0. The third-order valence-corrected chi connectivity index (χ3v) is 7.15. The Labute approximate surface area is 215 Å². The highest BCUT2D eigenvalue weighted by molar-refractivity contribution is 6.49. The molecular formula is C30H40N2O4. The minimum absolute atomic E-state index is 0.347. The van der Waals surface area contributed by atoms with Gasteiger partial charge in [0.2, 0.25) is 11.6 Å². The van der Waals surface area contributed by atoms with Crippen LogP contribution in [0.4, 0.5) is 0 Å². The molecule has 0 amide bonds. The second kappa shape index (κ2) is 14.1. The van der Waals surface area contributed by atoms with Crippen molar-refractivity contribution in [2.45, 2.75) is 51.4 Å². The Morgan fingerprint density at radius 1 is 0.583 bits per heavy atom. The van der Waals surface area contributed by atoms with Crippen molar-refractivity contribution in [1.29, 1.82) is 0 Å². The summed E-state index contributed by atoms with van der Waals surface area (Å²) in [4.78, 5) is 30.8. The van der Waals surface area contributed by atoms with Gasteiger partial charge in [-0.3, -0.25) is 19.4 Å². The third-order valence-electron chi connectivity index (χ3n) is 7.15. The molecule has 36 heavy (non-hydrogen) atoms. The molecule has 2 saturated heterocycles. The monoisotopic (exact) mass is 492 g/mol. The van der Waals surface area contributed by atoms with E-state index in [-0.39, 0.29) is 0 Å². The van der Waals surface area contributed by atoms with E-state index in [9.17, 15) is 9.59 Å². The SMILES string of the molecule is O=C(C(=O)c1cccc(OCCN2CCCCCC2)c1)c1cccc(OCCN2CCCCCC2)c1. The molecular weight excluding hydrogens is 452 g/mol. The van der Waals surface area contributed by atoms with Crippen LogP contribution in [0, 0.1) is 0 Å². The third kappa shape index (κ3) is 8.17. The van der Waals surface area contributed by atoms with E-state index in [0.29, 0.717) is 35.8 Å². The quantitative estimate of drug-likeness (QED) is 0.315. The molecule has 2 aliphatic heterocycles. The molecule has 0 aliphatic carbocycles. The highest BCUT2D eigenvalue weighted by Crippen LogP contribution is 2.19. The number of Topliss-reactive ketones (excluding diaryl/α,β-unsaturated/α-hetero) is 2. The molecule has 0 unspecified atom stereocenters. The van der Waals surface area contributed by atoms with Gasteiger partial charge in [0.25, 0.3) is 0 Å². The zero-order valence-electron chi connectivity index (χ0n) is 21.5. The van der Waals surface area contributed by atoms with Crippen LogP contribution in [0.5, 0.6) is 11.5 Å². The van der Waals surface area contributed by atoms with Crippen molar-refractivity contribution in [3.05, 3.63) is 59.7 Å². The van der Waals surface area contributed by atoms with E-state index < -0.39 is 11.6 Å². The van der Waals surface area contributed by atoms with Crippen molar-refractivity contribution in [2.24, 2.45) is 0 Å². The van der Waals surface area contributed by atoms with Crippen molar-refractivity contribution in [1.82, 2.24) is 9.80 Å². The smallest absolute Gasteiger partial charge is 0.233 e. The molecule has 0 atom stereocenters. The van der Waals surface area contributed by atoms with Crippen LogP contribution in [0.25, 0.3) is 0 Å². The standard InChI is InChI=1S/C30H40N2O4/c33-29(25-11-9-13-27(23-25)35-21-19-31-15-5-1-2-6-16-31)30(34)26-12-10-14-28(24-26)36-22-20-32-17-7-3-4-8-18-32/h9-14,23-24H,1-8,15-22H2. The fourth-order valence-corrected chi connectivity index (χ4v) is 5.02. The maximum absolute atomic E-state index is 13.0. The number of hydrogen-bond acceptors (Lipinski definition) is 6. The summed E-state index contributed by atoms with van der Waals surface area (Å²) in [7, 11) is 0. The fourth-order valence-electron chi connectivity index (χ4n) is 5.02. The Hall–Kier alpha value is -2.70. The number of ketones is 2. The van der Waals surface area contributed by atoms with Gasteiger partial charge in [-0.2, -0.15) is 0 Å². The van der Waals surface area contributed by atoms with E-state index in [2.05, 4.69) is 9.80 Å². The van der Waals surface area contributed by atoms with E-state index in [1.165, 1.54) is 51.4 Å². The molecule has 6 nitrogen and oxygen atoms in total. The molecule has 0 aromatic heterocycles. The lowest BCUT2D eigenvalue weighted by molar-refractivity contribution is 0.0816. The molecule has 4 rings (SSSR count). The Bertz CT molecular complexity index is 897. The fraction of sp³-hybridized carbons (Fsp3) is 0.533. The average Bonchev–Trinajstić information content (AvgIpc) is 3.34. The highest BCUT2D eigenvalue weighted by Gasteiger charge is 2.20. The minimum atomic E-state index is -0.533. The summed E-state index contributed by atoms with van der Waals surface area (Å²) in [5, 5.41) is 0. The molecule has 194 valence electrons. The van der Waals surface area contributed by atoms with Gasteiger partial charge in [-0.05, 0) is 76.1 Å². The number of nitrogens with zero attached hydrogens (tertiary/aromatic N) is 2. The number of likely N-dealkylation sites (tertiary alicyclic amines) is 2. The van der Waals surface area contributed by atoms with Gasteiger partial charge in [0.15, 0.2) is 0 Å². The first-order valence-electron chi connectivity index (χ1n) is 13.7. The molecule has 2 aliphatic rings. The Morgan fingerprint density at radius 3 is 1.36 bits per heavy atom. The summed E-state index contributed by atoms with van der Waals surface area (Å²) in [5.41, 5.74) is 0.694. The molecule has 0 saturated carbocycles. The van der Waals surface area contributed by atoms with Crippen molar-refractivity contribution in [3.8, 4) is 11.5 Å². The van der Waals surface area contributed by atoms with E-state index >= 15 is 0 Å². The number of carbonyl (C=O) groups is 2. The number of rotatable bonds is 11. The van der Waals surface area contributed by atoms with Crippen LogP contribution in [0.3, 0.4) is 0 Å². The van der Waals surface area contributed by atoms with Gasteiger partial charge in [-0.1, -0.05) is 49.9 Å². The summed E-state index contributed by atoms with van der Waals surface area (Å²) in [6.07, 6.45) is 10.2. The lowest BCUT2D eigenvalue weighted by Crippen LogP contribution is -2.29. The van der Waals surface area contributed by atoms with Gasteiger partial charge in [0.05, 0.1) is 0 Å². The van der Waals surface area contributed by atoms with E-state index in [1.54, 1.807) is 36.4 Å². The highest BCUT2D eigenvalue weighted by atomic mass is 16.5. The summed E-state index contributed by atoms with van der Waals surface area (Å²) in [5.74, 6) is 0.174. The van der Waals surface area contributed by atoms with Crippen LogP contribution in [-0.4, -0.2) is 73.8 Å². The normalized spacial score (nSPS) is 17.7. The summed E-state index contributed by atoms with van der Waals surface area (Å²) in [6.45, 7) is 7.39. The average molecular weight is 493 g/mol.